The standard InChI is InChI=1S/C15H20N4O/c1-4-15(2,3)18-14(20)13-7-5-12(6-8-13)9-19-11-16-10-17-19/h5-8,10-11H,4,9H2,1-3H3,(H,18,20). The Labute approximate surface area is 119 Å². The molecular formula is C15H20N4O. The lowest BCUT2D eigenvalue weighted by molar-refractivity contribution is 0.0911. The van der Waals surface area contributed by atoms with Crippen LogP contribution in [0.3, 0.4) is 0 Å². The lowest BCUT2D eigenvalue weighted by atomic mass is 10.0. The van der Waals surface area contributed by atoms with Gasteiger partial charge in [0.2, 0.25) is 0 Å². The third-order valence-corrected chi connectivity index (χ3v) is 3.36. The van der Waals surface area contributed by atoms with Crippen molar-refractivity contribution in [3.05, 3.63) is 48.0 Å². The summed E-state index contributed by atoms with van der Waals surface area (Å²) in [6.07, 6.45) is 4.07. The van der Waals surface area contributed by atoms with Gasteiger partial charge in [-0.2, -0.15) is 5.10 Å². The molecule has 0 saturated heterocycles. The third kappa shape index (κ3) is 3.66. The maximum atomic E-state index is 12.1. The summed E-state index contributed by atoms with van der Waals surface area (Å²) in [7, 11) is 0. The van der Waals surface area contributed by atoms with Crippen molar-refractivity contribution in [1.82, 2.24) is 20.1 Å². The average Bonchev–Trinajstić information content (AvgIpc) is 2.92. The van der Waals surface area contributed by atoms with Gasteiger partial charge in [-0.3, -0.25) is 4.79 Å². The smallest absolute Gasteiger partial charge is 0.251 e. The maximum Gasteiger partial charge on any atom is 0.251 e. The zero-order valence-corrected chi connectivity index (χ0v) is 12.1. The van der Waals surface area contributed by atoms with Gasteiger partial charge in [0.15, 0.2) is 0 Å². The van der Waals surface area contributed by atoms with Gasteiger partial charge < -0.3 is 5.32 Å². The van der Waals surface area contributed by atoms with Gasteiger partial charge in [0.1, 0.15) is 12.7 Å². The number of nitrogens with one attached hydrogen (secondary N) is 1. The van der Waals surface area contributed by atoms with E-state index in [1.165, 1.54) is 6.33 Å². The van der Waals surface area contributed by atoms with E-state index in [1.54, 1.807) is 11.0 Å². The second kappa shape index (κ2) is 5.86. The molecule has 5 heteroatoms. The van der Waals surface area contributed by atoms with E-state index >= 15 is 0 Å². The summed E-state index contributed by atoms with van der Waals surface area (Å²) >= 11 is 0. The quantitative estimate of drug-likeness (QED) is 0.908. The van der Waals surface area contributed by atoms with Crippen LogP contribution in [-0.2, 0) is 6.54 Å². The first-order valence-electron chi connectivity index (χ1n) is 6.74. The highest BCUT2D eigenvalue weighted by Crippen LogP contribution is 2.11. The highest BCUT2D eigenvalue weighted by atomic mass is 16.1. The Kier molecular flexibility index (Phi) is 4.17. The molecular weight excluding hydrogens is 252 g/mol. The molecule has 1 amide bonds. The van der Waals surface area contributed by atoms with E-state index in [0.717, 1.165) is 12.0 Å². The Balaban J connectivity index is 2.02. The molecule has 1 aromatic heterocycles. The van der Waals surface area contributed by atoms with Crippen LogP contribution in [0.5, 0.6) is 0 Å². The molecule has 0 unspecified atom stereocenters. The first-order valence-corrected chi connectivity index (χ1v) is 6.74. The van der Waals surface area contributed by atoms with Crippen molar-refractivity contribution in [3.63, 3.8) is 0 Å². The third-order valence-electron chi connectivity index (χ3n) is 3.36. The van der Waals surface area contributed by atoms with E-state index in [1.807, 2.05) is 38.1 Å². The van der Waals surface area contributed by atoms with Crippen LogP contribution in [0, 0.1) is 0 Å². The Hall–Kier alpha value is -2.17. The van der Waals surface area contributed by atoms with Crippen LogP contribution in [-0.4, -0.2) is 26.2 Å². The summed E-state index contributed by atoms with van der Waals surface area (Å²) in [6.45, 7) is 6.75. The minimum atomic E-state index is -0.184. The number of hydrogen-bond donors (Lipinski definition) is 1. The number of carbonyl (C=O) groups is 1. The molecule has 0 saturated carbocycles. The fourth-order valence-electron chi connectivity index (χ4n) is 1.73. The van der Waals surface area contributed by atoms with Gasteiger partial charge in [-0.25, -0.2) is 9.67 Å². The maximum absolute atomic E-state index is 12.1. The molecule has 0 spiro atoms. The fourth-order valence-corrected chi connectivity index (χ4v) is 1.73. The summed E-state index contributed by atoms with van der Waals surface area (Å²) < 4.78 is 1.75. The second-order valence-electron chi connectivity index (χ2n) is 5.48. The molecule has 0 aliphatic heterocycles. The van der Waals surface area contributed by atoms with Crippen LogP contribution in [0.1, 0.15) is 43.1 Å². The second-order valence-corrected chi connectivity index (χ2v) is 5.48. The molecule has 1 aromatic carbocycles. The Morgan fingerprint density at radius 1 is 1.30 bits per heavy atom. The molecule has 0 atom stereocenters. The van der Waals surface area contributed by atoms with Gasteiger partial charge in [0.25, 0.3) is 5.91 Å². The molecule has 0 fully saturated rings. The SMILES string of the molecule is CCC(C)(C)NC(=O)c1ccc(Cn2cncn2)cc1. The van der Waals surface area contributed by atoms with Crippen molar-refractivity contribution >= 4 is 5.91 Å². The van der Waals surface area contributed by atoms with Crippen LogP contribution in [0.15, 0.2) is 36.9 Å². The molecule has 2 rings (SSSR count). The van der Waals surface area contributed by atoms with Gasteiger partial charge >= 0.3 is 0 Å². The Bertz CT molecular complexity index is 558. The largest absolute Gasteiger partial charge is 0.347 e. The first kappa shape index (κ1) is 14.2. The van der Waals surface area contributed by atoms with Gasteiger partial charge in [-0.05, 0) is 38.0 Å². The highest BCUT2D eigenvalue weighted by Gasteiger charge is 2.18. The van der Waals surface area contributed by atoms with Crippen molar-refractivity contribution in [1.29, 1.82) is 0 Å². The van der Waals surface area contributed by atoms with Gasteiger partial charge in [-0.15, -0.1) is 0 Å². The summed E-state index contributed by atoms with van der Waals surface area (Å²) in [4.78, 5) is 16.0. The van der Waals surface area contributed by atoms with Gasteiger partial charge in [-0.1, -0.05) is 19.1 Å². The van der Waals surface area contributed by atoms with Gasteiger partial charge in [0.05, 0.1) is 6.54 Å². The highest BCUT2D eigenvalue weighted by molar-refractivity contribution is 5.94. The summed E-state index contributed by atoms with van der Waals surface area (Å²) in [5.41, 5.74) is 1.58. The number of carbonyl (C=O) groups excluding carboxylic acids is 1. The van der Waals surface area contributed by atoms with Crippen LogP contribution in [0.2, 0.25) is 0 Å². The molecule has 1 N–H and O–H groups in total. The monoisotopic (exact) mass is 272 g/mol. The van der Waals surface area contributed by atoms with Crippen molar-refractivity contribution < 1.29 is 4.79 Å². The molecule has 1 heterocycles. The van der Waals surface area contributed by atoms with Gasteiger partial charge in [0, 0.05) is 11.1 Å². The number of amides is 1. The molecule has 0 radical (unpaired) electrons. The van der Waals surface area contributed by atoms with Crippen LogP contribution >= 0.6 is 0 Å². The van der Waals surface area contributed by atoms with E-state index in [4.69, 9.17) is 0 Å². The molecule has 2 aromatic rings. The minimum absolute atomic E-state index is 0.0378. The fraction of sp³-hybridized carbons (Fsp3) is 0.400. The lowest BCUT2D eigenvalue weighted by Crippen LogP contribution is -2.42. The van der Waals surface area contributed by atoms with Crippen LogP contribution < -0.4 is 5.32 Å². The molecule has 0 aliphatic carbocycles. The van der Waals surface area contributed by atoms with Crippen LogP contribution in [0.4, 0.5) is 0 Å². The molecule has 0 bridgehead atoms. The lowest BCUT2D eigenvalue weighted by Gasteiger charge is -2.24. The number of benzene rings is 1. The van der Waals surface area contributed by atoms with E-state index in [2.05, 4.69) is 22.3 Å². The Morgan fingerprint density at radius 2 is 2.00 bits per heavy atom. The predicted molar refractivity (Wildman–Crippen MR) is 77.4 cm³/mol. The average molecular weight is 272 g/mol. The number of rotatable bonds is 5. The van der Waals surface area contributed by atoms with E-state index < -0.39 is 0 Å². The zero-order valence-electron chi connectivity index (χ0n) is 12.1. The topological polar surface area (TPSA) is 59.8 Å². The number of nitrogens with zero attached hydrogens (tertiary/aromatic N) is 3. The number of hydrogen-bond acceptors (Lipinski definition) is 3. The molecule has 0 aliphatic rings. The summed E-state index contributed by atoms with van der Waals surface area (Å²) in [5.74, 6) is -0.0378. The molecule has 106 valence electrons. The molecule has 5 nitrogen and oxygen atoms in total. The van der Waals surface area contributed by atoms with E-state index in [9.17, 15) is 4.79 Å². The normalized spacial score (nSPS) is 11.3. The molecule has 20 heavy (non-hydrogen) atoms. The minimum Gasteiger partial charge on any atom is -0.347 e. The van der Waals surface area contributed by atoms with Crippen LogP contribution in [0.25, 0.3) is 0 Å². The summed E-state index contributed by atoms with van der Waals surface area (Å²) in [5, 5.41) is 7.08. The number of aromatic nitrogens is 3. The predicted octanol–water partition coefficient (Wildman–Crippen LogP) is 2.24. The first-order chi connectivity index (χ1) is 9.50. The Morgan fingerprint density at radius 3 is 2.55 bits per heavy atom. The van der Waals surface area contributed by atoms with Crippen molar-refractivity contribution in [3.8, 4) is 0 Å². The van der Waals surface area contributed by atoms with E-state index in [0.29, 0.717) is 12.1 Å². The zero-order chi connectivity index (χ0) is 14.6. The van der Waals surface area contributed by atoms with Crippen molar-refractivity contribution in [2.24, 2.45) is 0 Å². The van der Waals surface area contributed by atoms with Crippen molar-refractivity contribution in [2.45, 2.75) is 39.3 Å². The summed E-state index contributed by atoms with van der Waals surface area (Å²) in [6, 6.07) is 7.56. The van der Waals surface area contributed by atoms with Crippen molar-refractivity contribution in [2.75, 3.05) is 0 Å². The van der Waals surface area contributed by atoms with E-state index in [-0.39, 0.29) is 11.4 Å².